The Bertz CT molecular complexity index is 643. The van der Waals surface area contributed by atoms with Crippen molar-refractivity contribution in [2.24, 2.45) is 0 Å². The molecule has 0 N–H and O–H groups in total. The van der Waals surface area contributed by atoms with E-state index in [9.17, 15) is 4.79 Å². The van der Waals surface area contributed by atoms with Crippen LogP contribution in [-0.2, 0) is 6.54 Å². The first-order valence-corrected chi connectivity index (χ1v) is 6.86. The molecule has 0 saturated heterocycles. The highest BCUT2D eigenvalue weighted by molar-refractivity contribution is 14.1. The number of rotatable bonds is 3. The summed E-state index contributed by atoms with van der Waals surface area (Å²) in [5.41, 5.74) is 0.758. The van der Waals surface area contributed by atoms with Crippen LogP contribution in [0.25, 0.3) is 0 Å². The summed E-state index contributed by atoms with van der Waals surface area (Å²) in [6.07, 6.45) is 4.08. The second-order valence-corrected chi connectivity index (χ2v) is 5.79. The number of aryl methyl sites for hydroxylation is 1. The fraction of sp³-hybridized carbons (Fsp3) is 0.455. The molecule has 1 aliphatic carbocycles. The van der Waals surface area contributed by atoms with Crippen molar-refractivity contribution >= 4 is 22.6 Å². The quantitative estimate of drug-likeness (QED) is 0.773. The number of nitrogens with zero attached hydrogens (tertiary/aromatic N) is 5. The topological polar surface area (TPSA) is 65.6 Å². The highest BCUT2D eigenvalue weighted by Gasteiger charge is 2.27. The number of hydrogen-bond acceptors (Lipinski definition) is 4. The van der Waals surface area contributed by atoms with Crippen molar-refractivity contribution in [3.8, 4) is 0 Å². The molecule has 18 heavy (non-hydrogen) atoms. The van der Waals surface area contributed by atoms with Crippen molar-refractivity contribution in [1.82, 2.24) is 24.8 Å². The molecule has 2 aromatic rings. The molecule has 0 radical (unpaired) electrons. The Hall–Kier alpha value is -1.25. The SMILES string of the molecule is Cc1cc(I)cn(Cc2nnnn2C2CC2)c1=O. The Morgan fingerprint density at radius 1 is 1.50 bits per heavy atom. The minimum absolute atomic E-state index is 0.0146. The van der Waals surface area contributed by atoms with Crippen LogP contribution in [0.4, 0.5) is 0 Å². The molecule has 0 unspecified atom stereocenters. The van der Waals surface area contributed by atoms with E-state index in [4.69, 9.17) is 0 Å². The first kappa shape index (κ1) is 11.8. The van der Waals surface area contributed by atoms with Crippen molar-refractivity contribution in [2.45, 2.75) is 32.4 Å². The molecule has 6 nitrogen and oxygen atoms in total. The van der Waals surface area contributed by atoms with Gasteiger partial charge in [-0.15, -0.1) is 5.10 Å². The Labute approximate surface area is 117 Å². The summed E-state index contributed by atoms with van der Waals surface area (Å²) in [4.78, 5) is 12.0. The van der Waals surface area contributed by atoms with Crippen molar-refractivity contribution in [3.05, 3.63) is 37.6 Å². The average molecular weight is 357 g/mol. The van der Waals surface area contributed by atoms with Gasteiger partial charge in [-0.2, -0.15) is 0 Å². The van der Waals surface area contributed by atoms with Gasteiger partial charge in [0.15, 0.2) is 5.82 Å². The summed E-state index contributed by atoms with van der Waals surface area (Å²) in [5.74, 6) is 0.751. The predicted molar refractivity (Wildman–Crippen MR) is 73.3 cm³/mol. The van der Waals surface area contributed by atoms with Crippen LogP contribution in [0.3, 0.4) is 0 Å². The largest absolute Gasteiger partial charge is 0.307 e. The van der Waals surface area contributed by atoms with Gasteiger partial charge in [-0.05, 0) is 58.8 Å². The maximum absolute atomic E-state index is 12.0. The fourth-order valence-corrected chi connectivity index (χ4v) is 2.73. The summed E-state index contributed by atoms with van der Waals surface area (Å²) in [6.45, 7) is 2.25. The van der Waals surface area contributed by atoms with Gasteiger partial charge in [0.25, 0.3) is 5.56 Å². The molecule has 7 heteroatoms. The molecule has 1 fully saturated rings. The molecule has 1 saturated carbocycles. The minimum atomic E-state index is 0.0146. The second-order valence-electron chi connectivity index (χ2n) is 4.55. The van der Waals surface area contributed by atoms with Gasteiger partial charge >= 0.3 is 0 Å². The number of hydrogen-bond donors (Lipinski definition) is 0. The van der Waals surface area contributed by atoms with E-state index in [1.54, 1.807) is 4.57 Å². The Balaban J connectivity index is 1.97. The van der Waals surface area contributed by atoms with Gasteiger partial charge in [0.05, 0.1) is 12.6 Å². The molecule has 0 aromatic carbocycles. The fourth-order valence-electron chi connectivity index (χ4n) is 1.93. The number of tetrazole rings is 1. The zero-order valence-electron chi connectivity index (χ0n) is 9.88. The van der Waals surface area contributed by atoms with E-state index in [2.05, 4.69) is 38.1 Å². The van der Waals surface area contributed by atoms with Gasteiger partial charge in [0, 0.05) is 15.3 Å². The van der Waals surface area contributed by atoms with E-state index >= 15 is 0 Å². The van der Waals surface area contributed by atoms with E-state index in [-0.39, 0.29) is 5.56 Å². The highest BCUT2D eigenvalue weighted by Crippen LogP contribution is 2.34. The molecule has 0 atom stereocenters. The van der Waals surface area contributed by atoms with E-state index < -0.39 is 0 Å². The van der Waals surface area contributed by atoms with Crippen LogP contribution in [0.15, 0.2) is 17.1 Å². The maximum atomic E-state index is 12.0. The lowest BCUT2D eigenvalue weighted by Gasteiger charge is -2.07. The van der Waals surface area contributed by atoms with E-state index in [1.165, 1.54) is 0 Å². The van der Waals surface area contributed by atoms with Crippen LogP contribution in [0.5, 0.6) is 0 Å². The van der Waals surface area contributed by atoms with Crippen LogP contribution in [0.2, 0.25) is 0 Å². The molecule has 2 aromatic heterocycles. The van der Waals surface area contributed by atoms with Crippen LogP contribution in [0, 0.1) is 10.5 Å². The van der Waals surface area contributed by atoms with Crippen LogP contribution < -0.4 is 5.56 Å². The van der Waals surface area contributed by atoms with Gasteiger partial charge in [-0.3, -0.25) is 4.79 Å². The smallest absolute Gasteiger partial charge is 0.253 e. The van der Waals surface area contributed by atoms with Crippen LogP contribution >= 0.6 is 22.6 Å². The van der Waals surface area contributed by atoms with E-state index in [1.807, 2.05) is 23.9 Å². The van der Waals surface area contributed by atoms with Gasteiger partial charge < -0.3 is 4.57 Å². The van der Waals surface area contributed by atoms with Gasteiger partial charge in [0.2, 0.25) is 0 Å². The third-order valence-corrected chi connectivity index (χ3v) is 3.59. The van der Waals surface area contributed by atoms with Gasteiger partial charge in [0.1, 0.15) is 0 Å². The monoisotopic (exact) mass is 357 g/mol. The van der Waals surface area contributed by atoms with Gasteiger partial charge in [-0.25, -0.2) is 4.68 Å². The van der Waals surface area contributed by atoms with Crippen LogP contribution in [0.1, 0.15) is 30.3 Å². The molecular formula is C11H12IN5O. The van der Waals surface area contributed by atoms with Crippen molar-refractivity contribution in [1.29, 1.82) is 0 Å². The third kappa shape index (κ3) is 2.18. The van der Waals surface area contributed by atoms with Crippen molar-refractivity contribution < 1.29 is 0 Å². The molecular weight excluding hydrogens is 345 g/mol. The lowest BCUT2D eigenvalue weighted by molar-refractivity contribution is 0.562. The first-order valence-electron chi connectivity index (χ1n) is 5.78. The molecule has 0 amide bonds. The standard InChI is InChI=1S/C11H12IN5O/c1-7-4-8(12)5-16(11(7)18)6-10-13-14-15-17(10)9-2-3-9/h4-5,9H,2-3,6H2,1H3. The lowest BCUT2D eigenvalue weighted by atomic mass is 10.3. The number of halogens is 1. The lowest BCUT2D eigenvalue weighted by Crippen LogP contribution is -2.24. The highest BCUT2D eigenvalue weighted by atomic mass is 127. The predicted octanol–water partition coefficient (Wildman–Crippen LogP) is 1.13. The van der Waals surface area contributed by atoms with Crippen molar-refractivity contribution in [3.63, 3.8) is 0 Å². The zero-order valence-corrected chi connectivity index (χ0v) is 12.0. The van der Waals surface area contributed by atoms with Crippen molar-refractivity contribution in [2.75, 3.05) is 0 Å². The molecule has 3 rings (SSSR count). The minimum Gasteiger partial charge on any atom is -0.307 e. The second kappa shape index (κ2) is 4.45. The molecule has 0 aliphatic heterocycles. The molecule has 0 spiro atoms. The summed E-state index contributed by atoms with van der Waals surface area (Å²) in [5, 5.41) is 11.7. The normalized spacial score (nSPS) is 15.0. The van der Waals surface area contributed by atoms with Gasteiger partial charge in [-0.1, -0.05) is 0 Å². The van der Waals surface area contributed by atoms with E-state index in [0.29, 0.717) is 12.6 Å². The zero-order chi connectivity index (χ0) is 12.7. The average Bonchev–Trinajstić information content (AvgIpc) is 3.07. The molecule has 2 heterocycles. The molecule has 1 aliphatic rings. The molecule has 0 bridgehead atoms. The Morgan fingerprint density at radius 3 is 3.00 bits per heavy atom. The maximum Gasteiger partial charge on any atom is 0.253 e. The Morgan fingerprint density at radius 2 is 2.28 bits per heavy atom. The van der Waals surface area contributed by atoms with E-state index in [0.717, 1.165) is 27.8 Å². The Kier molecular flexibility index (Phi) is 2.92. The summed E-state index contributed by atoms with van der Waals surface area (Å²) < 4.78 is 4.54. The number of aromatic nitrogens is 5. The van der Waals surface area contributed by atoms with Crippen LogP contribution in [-0.4, -0.2) is 24.8 Å². The third-order valence-electron chi connectivity index (χ3n) is 3.00. The number of pyridine rings is 1. The first-order chi connectivity index (χ1) is 8.65. The summed E-state index contributed by atoms with van der Waals surface area (Å²) in [7, 11) is 0. The summed E-state index contributed by atoms with van der Waals surface area (Å²) >= 11 is 2.21. The summed E-state index contributed by atoms with van der Waals surface area (Å²) in [6, 6.07) is 2.30. The molecule has 94 valence electrons.